The van der Waals surface area contributed by atoms with Gasteiger partial charge in [0.05, 0.1) is 22.7 Å². The molecule has 0 bridgehead atoms. The number of amides is 2. The molecule has 0 aromatic heterocycles. The van der Waals surface area contributed by atoms with Gasteiger partial charge in [0.1, 0.15) is 5.84 Å². The van der Waals surface area contributed by atoms with Gasteiger partial charge in [0.25, 0.3) is 5.91 Å². The lowest BCUT2D eigenvalue weighted by Crippen LogP contribution is -2.47. The van der Waals surface area contributed by atoms with Crippen LogP contribution in [0.25, 0.3) is 6.58 Å². The monoisotopic (exact) mass is 443 g/mol. The summed E-state index contributed by atoms with van der Waals surface area (Å²) >= 11 is 1.72. The molecule has 2 aliphatic heterocycles. The Kier molecular flexibility index (Phi) is 7.80. The molecule has 2 aliphatic rings. The lowest BCUT2D eigenvalue weighted by atomic mass is 10.1. The van der Waals surface area contributed by atoms with E-state index in [0.29, 0.717) is 60.2 Å². The topological polar surface area (TPSA) is 153 Å². The average Bonchev–Trinajstić information content (AvgIpc) is 2.75. The predicted molar refractivity (Wildman–Crippen MR) is 124 cm³/mol. The Morgan fingerprint density at radius 1 is 1.29 bits per heavy atom. The van der Waals surface area contributed by atoms with Crippen LogP contribution >= 0.6 is 11.8 Å². The summed E-state index contributed by atoms with van der Waals surface area (Å²) in [5.74, 6) is 0.847. The maximum atomic E-state index is 12.6. The number of nitrogens with two attached hydrogens (primary N) is 3. The number of para-hydroxylation sites is 1. The molecule has 31 heavy (non-hydrogen) atoms. The first kappa shape index (κ1) is 23.0. The maximum absolute atomic E-state index is 12.6. The van der Waals surface area contributed by atoms with Gasteiger partial charge >= 0.3 is 0 Å². The van der Waals surface area contributed by atoms with Crippen LogP contribution in [0.3, 0.4) is 0 Å². The van der Waals surface area contributed by atoms with Gasteiger partial charge in [-0.25, -0.2) is 4.99 Å². The lowest BCUT2D eigenvalue weighted by Gasteiger charge is -2.33. The van der Waals surface area contributed by atoms with E-state index in [2.05, 4.69) is 21.6 Å². The van der Waals surface area contributed by atoms with Gasteiger partial charge in [-0.1, -0.05) is 18.7 Å². The summed E-state index contributed by atoms with van der Waals surface area (Å²) in [5, 5.41) is 1.73. The molecule has 0 aliphatic carbocycles. The molecule has 10 heteroatoms. The van der Waals surface area contributed by atoms with Crippen molar-refractivity contribution < 1.29 is 9.59 Å². The number of guanidine groups is 1. The van der Waals surface area contributed by atoms with E-state index in [1.165, 1.54) is 0 Å². The van der Waals surface area contributed by atoms with Gasteiger partial charge in [0.2, 0.25) is 5.91 Å². The molecule has 0 saturated carbocycles. The lowest BCUT2D eigenvalue weighted by molar-refractivity contribution is -0.133. The van der Waals surface area contributed by atoms with E-state index in [-0.39, 0.29) is 17.8 Å². The molecule has 0 radical (unpaired) electrons. The van der Waals surface area contributed by atoms with Gasteiger partial charge < -0.3 is 22.1 Å². The molecule has 166 valence electrons. The van der Waals surface area contributed by atoms with Crippen molar-refractivity contribution in [2.45, 2.75) is 37.0 Å². The van der Waals surface area contributed by atoms with Gasteiger partial charge in [0.15, 0.2) is 5.96 Å². The Bertz CT molecular complexity index is 995. The molecule has 2 heterocycles. The molecule has 9 nitrogen and oxygen atoms in total. The summed E-state index contributed by atoms with van der Waals surface area (Å²) in [5.41, 5.74) is 17.1. The van der Waals surface area contributed by atoms with Gasteiger partial charge in [-0.2, -0.15) is 16.8 Å². The highest BCUT2D eigenvalue weighted by Gasteiger charge is 2.27. The van der Waals surface area contributed by atoms with Gasteiger partial charge in [-0.3, -0.25) is 14.6 Å². The summed E-state index contributed by atoms with van der Waals surface area (Å²) in [7, 11) is 0. The first-order valence-electron chi connectivity index (χ1n) is 10.3. The Morgan fingerprint density at radius 2 is 2.03 bits per heavy atom. The molecule has 0 unspecified atom stereocenters. The fourth-order valence-corrected chi connectivity index (χ4v) is 4.66. The van der Waals surface area contributed by atoms with Crippen molar-refractivity contribution in [1.29, 1.82) is 0 Å². The SMILES string of the molecule is C=c1cccc2c1=NC(CSC1CCN(C(=O)[C@@H](N)CCCN=C(N)N)CC1)=NC2=O. The van der Waals surface area contributed by atoms with Crippen molar-refractivity contribution in [3.05, 3.63) is 34.3 Å². The number of amidine groups is 1. The number of aliphatic imine (C=N–C) groups is 2. The molecule has 3 rings (SSSR count). The van der Waals surface area contributed by atoms with E-state index in [0.717, 1.165) is 18.1 Å². The number of rotatable bonds is 8. The summed E-state index contributed by atoms with van der Waals surface area (Å²) in [6.45, 7) is 5.77. The third-order valence-electron chi connectivity index (χ3n) is 5.31. The largest absolute Gasteiger partial charge is 0.370 e. The fraction of sp³-hybridized carbons (Fsp3) is 0.476. The van der Waals surface area contributed by atoms with E-state index >= 15 is 0 Å². The number of likely N-dealkylation sites (tertiary alicyclic amines) is 1. The van der Waals surface area contributed by atoms with Crippen LogP contribution in [0.5, 0.6) is 0 Å². The second-order valence-corrected chi connectivity index (χ2v) is 8.94. The number of hydrogen-bond acceptors (Lipinski definition) is 6. The van der Waals surface area contributed by atoms with E-state index in [1.54, 1.807) is 23.9 Å². The van der Waals surface area contributed by atoms with Gasteiger partial charge in [0, 0.05) is 24.9 Å². The van der Waals surface area contributed by atoms with Crippen molar-refractivity contribution in [3.8, 4) is 0 Å². The number of carbonyl (C=O) groups excluding carboxylic acids is 2. The molecule has 2 amide bonds. The van der Waals surface area contributed by atoms with Crippen molar-refractivity contribution >= 4 is 42.0 Å². The number of thioether (sulfide) groups is 1. The number of nitrogens with zero attached hydrogens (tertiary/aromatic N) is 4. The van der Waals surface area contributed by atoms with Gasteiger partial charge in [-0.15, -0.1) is 0 Å². The van der Waals surface area contributed by atoms with Crippen LogP contribution in [0.2, 0.25) is 0 Å². The summed E-state index contributed by atoms with van der Waals surface area (Å²) < 4.78 is 0. The molecular formula is C21H29N7O2S. The van der Waals surface area contributed by atoms with E-state index in [1.807, 2.05) is 11.0 Å². The van der Waals surface area contributed by atoms with Crippen molar-refractivity contribution in [2.24, 2.45) is 32.2 Å². The number of benzene rings is 1. The van der Waals surface area contributed by atoms with Crippen LogP contribution in [0.15, 0.2) is 33.2 Å². The summed E-state index contributed by atoms with van der Waals surface area (Å²) in [4.78, 5) is 39.2. The second-order valence-electron chi connectivity index (χ2n) is 7.65. The molecule has 6 N–H and O–H groups in total. The maximum Gasteiger partial charge on any atom is 0.280 e. The van der Waals surface area contributed by atoms with Crippen LogP contribution < -0.4 is 27.8 Å². The Hall–Kier alpha value is -2.72. The fourth-order valence-electron chi connectivity index (χ4n) is 3.60. The van der Waals surface area contributed by atoms with E-state index < -0.39 is 6.04 Å². The van der Waals surface area contributed by atoms with Crippen molar-refractivity contribution in [1.82, 2.24) is 4.90 Å². The molecule has 1 aromatic rings. The highest BCUT2D eigenvalue weighted by molar-refractivity contribution is 8.00. The molecule has 1 atom stereocenters. The Morgan fingerprint density at radius 3 is 2.74 bits per heavy atom. The Labute approximate surface area is 185 Å². The summed E-state index contributed by atoms with van der Waals surface area (Å²) in [6.07, 6.45) is 2.96. The van der Waals surface area contributed by atoms with E-state index in [9.17, 15) is 9.59 Å². The number of hydrogen-bond donors (Lipinski definition) is 3. The third-order valence-corrected chi connectivity index (χ3v) is 6.68. The number of fused-ring (bicyclic) bond motifs is 1. The first-order valence-corrected chi connectivity index (χ1v) is 11.4. The molecule has 1 aromatic carbocycles. The van der Waals surface area contributed by atoms with E-state index in [4.69, 9.17) is 17.2 Å². The van der Waals surface area contributed by atoms with Crippen LogP contribution in [0.4, 0.5) is 0 Å². The standard InChI is InChI=1S/C21H29N7O2S/c1-13-4-2-5-15-18(13)26-17(27-19(15)29)12-31-14-7-10-28(11-8-14)20(30)16(22)6-3-9-25-21(23)24/h2,4-5,14,16H,1,3,6-12,22H2,(H4,23,24,25)/t16-/m0/s1. The molecule has 0 spiro atoms. The Balaban J connectivity index is 1.45. The normalized spacial score (nSPS) is 17.4. The second kappa shape index (κ2) is 10.5. The van der Waals surface area contributed by atoms with Crippen LogP contribution in [-0.2, 0) is 4.79 Å². The highest BCUT2D eigenvalue weighted by atomic mass is 32.2. The molecular weight excluding hydrogens is 414 g/mol. The van der Waals surface area contributed by atoms with Crippen molar-refractivity contribution in [2.75, 3.05) is 25.4 Å². The third kappa shape index (κ3) is 6.14. The average molecular weight is 444 g/mol. The smallest absolute Gasteiger partial charge is 0.280 e. The minimum Gasteiger partial charge on any atom is -0.370 e. The zero-order valence-electron chi connectivity index (χ0n) is 17.5. The van der Waals surface area contributed by atoms with Gasteiger partial charge in [-0.05, 0) is 37.0 Å². The quantitative estimate of drug-likeness (QED) is 0.276. The molecule has 1 fully saturated rings. The molecule has 1 saturated heterocycles. The van der Waals surface area contributed by atoms with Crippen LogP contribution in [0.1, 0.15) is 36.0 Å². The zero-order chi connectivity index (χ0) is 22.4. The van der Waals surface area contributed by atoms with Crippen LogP contribution in [0, 0.1) is 0 Å². The number of piperidine rings is 1. The predicted octanol–water partition coefficient (Wildman–Crippen LogP) is -0.626. The zero-order valence-corrected chi connectivity index (χ0v) is 18.3. The number of carbonyl (C=O) groups is 2. The van der Waals surface area contributed by atoms with Crippen molar-refractivity contribution in [3.63, 3.8) is 0 Å². The highest BCUT2D eigenvalue weighted by Crippen LogP contribution is 2.24. The van der Waals surface area contributed by atoms with Crippen LogP contribution in [-0.4, -0.2) is 65.2 Å². The minimum atomic E-state index is -0.531. The minimum absolute atomic E-state index is 0.0232. The first-order chi connectivity index (χ1) is 14.8. The summed E-state index contributed by atoms with van der Waals surface area (Å²) in [6, 6.07) is 4.82.